The second-order valence-electron chi connectivity index (χ2n) is 10.6. The molecule has 2 aromatic carbocycles. The predicted molar refractivity (Wildman–Crippen MR) is 177 cm³/mol. The van der Waals surface area contributed by atoms with Gasteiger partial charge in [0.1, 0.15) is 0 Å². The van der Waals surface area contributed by atoms with E-state index in [9.17, 15) is 9.59 Å². The van der Waals surface area contributed by atoms with Crippen LogP contribution < -0.4 is 0 Å². The number of benzene rings is 2. The van der Waals surface area contributed by atoms with Crippen molar-refractivity contribution in [2.75, 3.05) is 0 Å². The molecule has 0 saturated heterocycles. The van der Waals surface area contributed by atoms with E-state index in [1.165, 1.54) is 62.5 Å². The first-order valence-electron chi connectivity index (χ1n) is 14.4. The maximum Gasteiger partial charge on any atom is 0.194 e. The van der Waals surface area contributed by atoms with Gasteiger partial charge in [-0.25, -0.2) is 0 Å². The van der Waals surface area contributed by atoms with Crippen LogP contribution in [0.25, 0.3) is 20.9 Å². The zero-order valence-corrected chi connectivity index (χ0v) is 27.9. The number of thiophene rings is 2. The molecule has 0 aliphatic heterocycles. The molecule has 2 heterocycles. The molecule has 0 fully saturated rings. The molecule has 5 rings (SSSR count). The quantitative estimate of drug-likeness (QED) is 0.122. The molecule has 40 heavy (non-hydrogen) atoms. The molecule has 0 radical (unpaired) electrons. The van der Waals surface area contributed by atoms with Gasteiger partial charge in [0.2, 0.25) is 0 Å². The fraction of sp³-hybridized carbons (Fsp3) is 0.353. The van der Waals surface area contributed by atoms with E-state index in [0.29, 0.717) is 22.3 Å². The lowest BCUT2D eigenvalue weighted by atomic mass is 9.82. The Kier molecular flexibility index (Phi) is 9.93. The summed E-state index contributed by atoms with van der Waals surface area (Å²) < 4.78 is 2.31. The molecular formula is C34H34Br2O2S2. The first kappa shape index (κ1) is 29.6. The lowest BCUT2D eigenvalue weighted by Gasteiger charge is -2.19. The smallest absolute Gasteiger partial charge is 0.194 e. The molecule has 0 atom stereocenters. The van der Waals surface area contributed by atoms with Gasteiger partial charge in [0.25, 0.3) is 0 Å². The van der Waals surface area contributed by atoms with Gasteiger partial charge in [-0.3, -0.25) is 9.59 Å². The number of fused-ring (bicyclic) bond motifs is 2. The van der Waals surface area contributed by atoms with Crippen molar-refractivity contribution in [2.45, 2.75) is 78.1 Å². The minimum Gasteiger partial charge on any atom is -0.289 e. The van der Waals surface area contributed by atoms with E-state index < -0.39 is 0 Å². The molecule has 4 aromatic rings. The molecule has 0 spiro atoms. The number of rotatable bonds is 12. The summed E-state index contributed by atoms with van der Waals surface area (Å²) in [5.41, 5.74) is 6.61. The van der Waals surface area contributed by atoms with Gasteiger partial charge >= 0.3 is 0 Å². The summed E-state index contributed by atoms with van der Waals surface area (Å²) in [6, 6.07) is 15.9. The molecule has 208 valence electrons. The molecule has 2 aromatic heterocycles. The van der Waals surface area contributed by atoms with Crippen molar-refractivity contribution in [1.82, 2.24) is 0 Å². The van der Waals surface area contributed by atoms with Gasteiger partial charge in [-0.1, -0.05) is 64.5 Å². The molecule has 0 N–H and O–H groups in total. The van der Waals surface area contributed by atoms with E-state index in [1.807, 2.05) is 36.4 Å². The van der Waals surface area contributed by atoms with Crippen LogP contribution in [0, 0.1) is 0 Å². The van der Waals surface area contributed by atoms with E-state index in [2.05, 4.69) is 57.8 Å². The van der Waals surface area contributed by atoms with Crippen molar-refractivity contribution in [2.24, 2.45) is 0 Å². The number of aryl methyl sites for hydroxylation is 2. The van der Waals surface area contributed by atoms with Crippen molar-refractivity contribution in [3.63, 3.8) is 0 Å². The van der Waals surface area contributed by atoms with E-state index in [1.54, 1.807) is 22.7 Å². The first-order valence-corrected chi connectivity index (χ1v) is 17.6. The van der Waals surface area contributed by atoms with Crippen molar-refractivity contribution in [3.8, 4) is 20.9 Å². The van der Waals surface area contributed by atoms with Crippen LogP contribution in [0.3, 0.4) is 0 Å². The third-order valence-electron chi connectivity index (χ3n) is 7.70. The van der Waals surface area contributed by atoms with Crippen molar-refractivity contribution < 1.29 is 9.59 Å². The number of halogens is 2. The summed E-state index contributed by atoms with van der Waals surface area (Å²) in [4.78, 5) is 29.5. The minimum atomic E-state index is -0.0735. The number of ketones is 2. The standard InChI is InChI=1S/C34H34Br2O2S2/c1-3-5-7-9-11-23-19-29(39-33(23)35)21-13-15-25-27(17-21)32(38)28-18-22(14-16-26(28)31(25)37)30-20-24(34(36)40-30)12-10-8-6-4-2/h13-20H,3-12H2,1-2H3. The molecule has 1 aliphatic carbocycles. The average Bonchev–Trinajstić information content (AvgIpc) is 3.53. The second kappa shape index (κ2) is 13.4. The third kappa shape index (κ3) is 6.30. The number of unbranched alkanes of at least 4 members (excludes halogenated alkanes) is 6. The van der Waals surface area contributed by atoms with Crippen LogP contribution in [-0.4, -0.2) is 11.6 Å². The lowest BCUT2D eigenvalue weighted by molar-refractivity contribution is 0.0979. The van der Waals surface area contributed by atoms with Gasteiger partial charge in [-0.05, 0) is 116 Å². The fourth-order valence-electron chi connectivity index (χ4n) is 5.38. The van der Waals surface area contributed by atoms with Gasteiger partial charge in [0, 0.05) is 32.0 Å². The molecule has 0 bridgehead atoms. The second-order valence-corrected chi connectivity index (χ2v) is 15.4. The Morgan fingerprint density at radius 3 is 1.40 bits per heavy atom. The Morgan fingerprint density at radius 2 is 0.975 bits per heavy atom. The molecule has 1 aliphatic rings. The minimum absolute atomic E-state index is 0.0703. The summed E-state index contributed by atoms with van der Waals surface area (Å²) in [5.74, 6) is -0.144. The zero-order valence-electron chi connectivity index (χ0n) is 23.1. The highest BCUT2D eigenvalue weighted by Gasteiger charge is 2.30. The van der Waals surface area contributed by atoms with Crippen molar-refractivity contribution in [1.29, 1.82) is 0 Å². The highest BCUT2D eigenvalue weighted by Crippen LogP contribution is 2.40. The Balaban J connectivity index is 1.40. The first-order chi connectivity index (χ1) is 19.4. The van der Waals surface area contributed by atoms with Crippen LogP contribution in [0.4, 0.5) is 0 Å². The molecule has 0 saturated carbocycles. The van der Waals surface area contributed by atoms with Gasteiger partial charge in [0.05, 0.1) is 7.57 Å². The Labute approximate surface area is 262 Å². The number of carbonyl (C=O) groups excluding carboxylic acids is 2. The van der Waals surface area contributed by atoms with Crippen LogP contribution in [-0.2, 0) is 12.8 Å². The lowest BCUT2D eigenvalue weighted by Crippen LogP contribution is -2.20. The number of hydrogen-bond donors (Lipinski definition) is 0. The third-order valence-corrected chi connectivity index (χ3v) is 11.7. The van der Waals surface area contributed by atoms with Crippen LogP contribution in [0.5, 0.6) is 0 Å². The molecule has 0 amide bonds. The Bertz CT molecular complexity index is 1430. The van der Waals surface area contributed by atoms with Crippen LogP contribution in [0.1, 0.15) is 108 Å². The molecular weight excluding hydrogens is 664 g/mol. The van der Waals surface area contributed by atoms with E-state index >= 15 is 0 Å². The van der Waals surface area contributed by atoms with Gasteiger partial charge in [-0.15, -0.1) is 22.7 Å². The van der Waals surface area contributed by atoms with E-state index in [-0.39, 0.29) is 11.6 Å². The molecule has 6 heteroatoms. The topological polar surface area (TPSA) is 34.1 Å². The molecule has 0 unspecified atom stereocenters. The largest absolute Gasteiger partial charge is 0.289 e. The van der Waals surface area contributed by atoms with Crippen LogP contribution >= 0.6 is 54.5 Å². The van der Waals surface area contributed by atoms with E-state index in [4.69, 9.17) is 0 Å². The highest BCUT2D eigenvalue weighted by molar-refractivity contribution is 9.11. The zero-order chi connectivity index (χ0) is 28.2. The van der Waals surface area contributed by atoms with Crippen LogP contribution in [0.2, 0.25) is 0 Å². The van der Waals surface area contributed by atoms with Gasteiger partial charge in [0.15, 0.2) is 11.6 Å². The summed E-state index contributed by atoms with van der Waals surface area (Å²) in [6.07, 6.45) is 11.9. The summed E-state index contributed by atoms with van der Waals surface area (Å²) >= 11 is 10.9. The Morgan fingerprint density at radius 1 is 0.550 bits per heavy atom. The summed E-state index contributed by atoms with van der Waals surface area (Å²) in [6.45, 7) is 4.46. The summed E-state index contributed by atoms with van der Waals surface area (Å²) in [7, 11) is 0. The summed E-state index contributed by atoms with van der Waals surface area (Å²) in [5, 5.41) is 0. The normalized spacial score (nSPS) is 12.6. The SMILES string of the molecule is CCCCCCc1cc(-c2ccc3c(c2)C(=O)c2cc(-c4cc(CCCCCC)c(Br)s4)ccc2C3=O)sc1Br. The number of carbonyl (C=O) groups is 2. The number of hydrogen-bond acceptors (Lipinski definition) is 4. The highest BCUT2D eigenvalue weighted by atomic mass is 79.9. The average molecular weight is 699 g/mol. The predicted octanol–water partition coefficient (Wildman–Crippen LogP) is 11.7. The van der Waals surface area contributed by atoms with Crippen molar-refractivity contribution >= 4 is 66.1 Å². The van der Waals surface area contributed by atoms with Crippen LogP contribution in [0.15, 0.2) is 56.1 Å². The van der Waals surface area contributed by atoms with Gasteiger partial charge in [-0.2, -0.15) is 0 Å². The maximum atomic E-state index is 13.8. The van der Waals surface area contributed by atoms with Gasteiger partial charge < -0.3 is 0 Å². The fourth-order valence-corrected chi connectivity index (χ4v) is 8.91. The monoisotopic (exact) mass is 696 g/mol. The Hall–Kier alpha value is -1.86. The van der Waals surface area contributed by atoms with Crippen molar-refractivity contribution in [3.05, 3.63) is 89.5 Å². The maximum absolute atomic E-state index is 13.8. The van der Waals surface area contributed by atoms with E-state index in [0.717, 1.165) is 41.3 Å². The molecule has 2 nitrogen and oxygen atoms in total.